The molecular weight excluding hydrogens is 428 g/mol. The number of aliphatic hydroxyl groups excluding tert-OH is 2. The first-order valence-corrected chi connectivity index (χ1v) is 12.6. The van der Waals surface area contributed by atoms with E-state index in [0.29, 0.717) is 32.1 Å². The van der Waals surface area contributed by atoms with Gasteiger partial charge < -0.3 is 34.6 Å². The zero-order chi connectivity index (χ0) is 24.0. The fourth-order valence-electron chi connectivity index (χ4n) is 8.89. The van der Waals surface area contributed by atoms with E-state index >= 15 is 0 Å². The zero-order valence-electron chi connectivity index (χ0n) is 20.2. The van der Waals surface area contributed by atoms with Crippen molar-refractivity contribution in [3.8, 4) is 0 Å². The minimum atomic E-state index is -1.27. The highest BCUT2D eigenvalue weighted by Crippen LogP contribution is 2.71. The van der Waals surface area contributed by atoms with E-state index < -0.39 is 58.0 Å². The number of hydrogen-bond donors (Lipinski definition) is 4. The summed E-state index contributed by atoms with van der Waals surface area (Å²) in [6.07, 6.45) is 0.587. The lowest BCUT2D eigenvalue weighted by Gasteiger charge is -2.70. The Morgan fingerprint density at radius 1 is 1.09 bits per heavy atom. The highest BCUT2D eigenvalue weighted by molar-refractivity contribution is 5.74. The molecule has 0 aromatic carbocycles. The Bertz CT molecular complexity index is 816. The van der Waals surface area contributed by atoms with E-state index in [0.717, 1.165) is 0 Å². The molecule has 5 fully saturated rings. The van der Waals surface area contributed by atoms with Gasteiger partial charge in [0.15, 0.2) is 5.79 Å². The summed E-state index contributed by atoms with van der Waals surface area (Å²) in [6.45, 7) is 7.81. The van der Waals surface area contributed by atoms with Crippen LogP contribution in [0.1, 0.15) is 72.6 Å². The second-order valence-electron chi connectivity index (χ2n) is 12.1. The van der Waals surface area contributed by atoms with E-state index in [1.165, 1.54) is 0 Å². The summed E-state index contributed by atoms with van der Waals surface area (Å²) in [4.78, 5) is 12.8. The van der Waals surface area contributed by atoms with Crippen LogP contribution in [0.15, 0.2) is 0 Å². The van der Waals surface area contributed by atoms with Crippen LogP contribution in [0.25, 0.3) is 0 Å². The van der Waals surface area contributed by atoms with E-state index in [1.807, 2.05) is 20.8 Å². The normalized spacial score (nSPS) is 55.0. The van der Waals surface area contributed by atoms with Crippen molar-refractivity contribution < 1.29 is 39.4 Å². The van der Waals surface area contributed by atoms with E-state index in [-0.39, 0.29) is 37.9 Å². The number of hydrogen-bond acceptors (Lipinski definition) is 8. The van der Waals surface area contributed by atoms with Gasteiger partial charge in [-0.2, -0.15) is 0 Å². The quantitative estimate of drug-likeness (QED) is 0.450. The maximum absolute atomic E-state index is 12.8. The number of aliphatic hydroxyl groups is 4. The topological polar surface area (TPSA) is 126 Å². The minimum absolute atomic E-state index is 0.195. The van der Waals surface area contributed by atoms with E-state index in [9.17, 15) is 25.2 Å². The molecule has 1 heterocycles. The first kappa shape index (κ1) is 23.9. The standard InChI is InChI=1S/C25H40O8/c1-5-31-20(28)16-7-9-25(30)15-6-8-23(29)11-14(26)10-18-24(23,13-32-21(2,3)33-18)19(15)17(27)12-22(16,25)4/h14-19,26-27,29-30H,5-13H2,1-4H3/t14?,15?,16?,17-,18?,19?,22?,23?,24?,25?/m1/s1. The third kappa shape index (κ3) is 3.01. The second kappa shape index (κ2) is 7.37. The molecule has 188 valence electrons. The molecule has 1 spiro atoms. The largest absolute Gasteiger partial charge is 0.466 e. The Labute approximate surface area is 195 Å². The van der Waals surface area contributed by atoms with Crippen molar-refractivity contribution in [1.29, 1.82) is 0 Å². The molecule has 4 N–H and O–H groups in total. The SMILES string of the molecule is CCOC(=O)C1CCC2(O)C3CCC4(O)CC(O)CC5OC(C)(C)OCC54C3[C@H](O)CC12C. The second-order valence-corrected chi connectivity index (χ2v) is 12.1. The molecule has 0 radical (unpaired) electrons. The van der Waals surface area contributed by atoms with Crippen LogP contribution >= 0.6 is 0 Å². The van der Waals surface area contributed by atoms with Crippen molar-refractivity contribution >= 4 is 5.97 Å². The average molecular weight is 469 g/mol. The molecule has 0 aromatic heterocycles. The maximum Gasteiger partial charge on any atom is 0.309 e. The van der Waals surface area contributed by atoms with Crippen LogP contribution in [0.5, 0.6) is 0 Å². The van der Waals surface area contributed by atoms with Gasteiger partial charge in [-0.3, -0.25) is 4.79 Å². The lowest BCUT2D eigenvalue weighted by atomic mass is 9.40. The van der Waals surface area contributed by atoms with Crippen LogP contribution in [-0.4, -0.2) is 74.9 Å². The lowest BCUT2D eigenvalue weighted by Crippen LogP contribution is -2.78. The summed E-state index contributed by atoms with van der Waals surface area (Å²) in [6, 6.07) is 0. The van der Waals surface area contributed by atoms with E-state index in [2.05, 4.69) is 0 Å². The summed E-state index contributed by atoms with van der Waals surface area (Å²) >= 11 is 0. The number of fused-ring (bicyclic) bond motifs is 3. The molecular formula is C25H40O8. The lowest BCUT2D eigenvalue weighted by molar-refractivity contribution is -0.401. The van der Waals surface area contributed by atoms with Crippen molar-refractivity contribution in [2.75, 3.05) is 13.2 Å². The monoisotopic (exact) mass is 468 g/mol. The average Bonchev–Trinajstić information content (AvgIpc) is 2.97. The Balaban J connectivity index is 1.58. The summed E-state index contributed by atoms with van der Waals surface area (Å²) in [5.74, 6) is -2.44. The Morgan fingerprint density at radius 2 is 1.82 bits per heavy atom. The number of carbonyl (C=O) groups is 1. The van der Waals surface area contributed by atoms with Gasteiger partial charge in [0, 0.05) is 24.2 Å². The molecule has 33 heavy (non-hydrogen) atoms. The van der Waals surface area contributed by atoms with Gasteiger partial charge in [0.2, 0.25) is 0 Å². The summed E-state index contributed by atoms with van der Waals surface area (Å²) < 4.78 is 17.8. The molecule has 10 atom stereocenters. The Hall–Kier alpha value is -0.770. The van der Waals surface area contributed by atoms with Crippen LogP contribution in [0.2, 0.25) is 0 Å². The van der Waals surface area contributed by atoms with E-state index in [1.54, 1.807) is 6.92 Å². The fraction of sp³-hybridized carbons (Fsp3) is 0.960. The predicted octanol–water partition coefficient (Wildman–Crippen LogP) is 1.51. The molecule has 4 saturated carbocycles. The molecule has 5 aliphatic rings. The van der Waals surface area contributed by atoms with E-state index in [4.69, 9.17) is 14.2 Å². The molecule has 9 unspecified atom stereocenters. The van der Waals surface area contributed by atoms with Crippen LogP contribution in [0, 0.1) is 28.6 Å². The van der Waals surface area contributed by atoms with Gasteiger partial charge in [-0.05, 0) is 58.8 Å². The first-order valence-electron chi connectivity index (χ1n) is 12.6. The first-order chi connectivity index (χ1) is 15.3. The van der Waals surface area contributed by atoms with Crippen LogP contribution in [-0.2, 0) is 19.0 Å². The molecule has 4 aliphatic carbocycles. The molecule has 8 nitrogen and oxygen atoms in total. The van der Waals surface area contributed by atoms with Crippen LogP contribution < -0.4 is 0 Å². The van der Waals surface area contributed by atoms with Crippen LogP contribution in [0.4, 0.5) is 0 Å². The molecule has 8 heteroatoms. The van der Waals surface area contributed by atoms with Gasteiger partial charge in [-0.1, -0.05) is 6.92 Å². The molecule has 0 amide bonds. The molecule has 1 aliphatic heterocycles. The highest BCUT2D eigenvalue weighted by atomic mass is 16.7. The van der Waals surface area contributed by atoms with Gasteiger partial charge in [0.05, 0.1) is 54.1 Å². The summed E-state index contributed by atoms with van der Waals surface area (Å²) in [5.41, 5.74) is -4.19. The Morgan fingerprint density at radius 3 is 2.52 bits per heavy atom. The molecule has 0 bridgehead atoms. The van der Waals surface area contributed by atoms with Gasteiger partial charge in [0.1, 0.15) is 0 Å². The number of carbonyl (C=O) groups excluding carboxylic acids is 1. The maximum atomic E-state index is 12.8. The summed E-state index contributed by atoms with van der Waals surface area (Å²) in [5, 5.41) is 46.6. The number of rotatable bonds is 2. The molecule has 0 aromatic rings. The van der Waals surface area contributed by atoms with Crippen molar-refractivity contribution in [2.45, 2.75) is 108 Å². The van der Waals surface area contributed by atoms with Crippen molar-refractivity contribution in [2.24, 2.45) is 28.6 Å². The predicted molar refractivity (Wildman–Crippen MR) is 117 cm³/mol. The molecule has 5 rings (SSSR count). The van der Waals surface area contributed by atoms with Gasteiger partial charge in [0.25, 0.3) is 0 Å². The zero-order valence-corrected chi connectivity index (χ0v) is 20.2. The fourth-order valence-corrected chi connectivity index (χ4v) is 8.89. The highest BCUT2D eigenvalue weighted by Gasteiger charge is 2.77. The Kier molecular flexibility index (Phi) is 5.35. The summed E-state index contributed by atoms with van der Waals surface area (Å²) in [7, 11) is 0. The number of ether oxygens (including phenoxy) is 3. The van der Waals surface area contributed by atoms with Crippen LogP contribution in [0.3, 0.4) is 0 Å². The van der Waals surface area contributed by atoms with Crippen molar-refractivity contribution in [3.63, 3.8) is 0 Å². The minimum Gasteiger partial charge on any atom is -0.466 e. The van der Waals surface area contributed by atoms with Crippen molar-refractivity contribution in [3.05, 3.63) is 0 Å². The molecule has 1 saturated heterocycles. The van der Waals surface area contributed by atoms with Crippen molar-refractivity contribution in [1.82, 2.24) is 0 Å². The smallest absolute Gasteiger partial charge is 0.309 e. The third-order valence-electron chi connectivity index (χ3n) is 10.3. The van der Waals surface area contributed by atoms with Gasteiger partial charge in [-0.15, -0.1) is 0 Å². The van der Waals surface area contributed by atoms with Gasteiger partial charge in [-0.25, -0.2) is 0 Å². The van der Waals surface area contributed by atoms with Gasteiger partial charge >= 0.3 is 5.97 Å². The number of esters is 1. The third-order valence-corrected chi connectivity index (χ3v) is 10.3.